The topological polar surface area (TPSA) is 97.8 Å². The summed E-state index contributed by atoms with van der Waals surface area (Å²) < 4.78 is 28.8. The van der Waals surface area contributed by atoms with E-state index in [2.05, 4.69) is 15.6 Å². The number of carbonyl (C=O) groups is 2. The predicted octanol–water partition coefficient (Wildman–Crippen LogP) is 4.90. The molecule has 1 aromatic carbocycles. The average Bonchev–Trinajstić information content (AvgIpc) is 3.54. The van der Waals surface area contributed by atoms with Crippen molar-refractivity contribution in [1.29, 1.82) is 0 Å². The first-order valence-electron chi connectivity index (χ1n) is 13.2. The average molecular weight is 530 g/mol. The lowest BCUT2D eigenvalue weighted by Crippen LogP contribution is -2.61. The molecular weight excluding hydrogens is 492 g/mol. The number of hydrogen-bond acceptors (Lipinski definition) is 5. The Labute approximate surface area is 222 Å². The van der Waals surface area contributed by atoms with Crippen LogP contribution >= 0.6 is 0 Å². The third-order valence-corrected chi connectivity index (χ3v) is 7.86. The number of nitrogens with zero attached hydrogens (tertiary/aromatic N) is 3. The van der Waals surface area contributed by atoms with Crippen LogP contribution in [0.3, 0.4) is 0 Å². The van der Waals surface area contributed by atoms with Gasteiger partial charge in [-0.15, -0.1) is 0 Å². The Balaban J connectivity index is 1.58. The first-order chi connectivity index (χ1) is 18.0. The van der Waals surface area contributed by atoms with Crippen LogP contribution in [-0.2, 0) is 6.42 Å². The number of rotatable bonds is 8. The fraction of sp³-hybridized carbons (Fsp3) is 0.536. The van der Waals surface area contributed by atoms with E-state index >= 15 is 4.39 Å². The number of carbonyl (C=O) groups excluding carboxylic acids is 1. The van der Waals surface area contributed by atoms with Gasteiger partial charge in [-0.2, -0.15) is 0 Å². The zero-order valence-corrected chi connectivity index (χ0v) is 22.3. The summed E-state index contributed by atoms with van der Waals surface area (Å²) in [5, 5.41) is 15.9. The molecule has 8 nitrogen and oxygen atoms in total. The van der Waals surface area contributed by atoms with Crippen LogP contribution < -0.4 is 15.5 Å². The molecule has 2 aromatic rings. The summed E-state index contributed by atoms with van der Waals surface area (Å²) in [6, 6.07) is 7.48. The molecule has 2 amide bonds. The summed E-state index contributed by atoms with van der Waals surface area (Å²) in [6.07, 6.45) is 2.67. The molecule has 10 heteroatoms. The lowest BCUT2D eigenvalue weighted by molar-refractivity contribution is 0.0300. The highest BCUT2D eigenvalue weighted by Crippen LogP contribution is 2.43. The zero-order valence-electron chi connectivity index (χ0n) is 22.3. The normalized spacial score (nSPS) is 19.6. The summed E-state index contributed by atoms with van der Waals surface area (Å²) in [5.74, 6) is -0.987. The first kappa shape index (κ1) is 27.6. The lowest BCUT2D eigenvalue weighted by atomic mass is 9.71. The second-order valence-electron chi connectivity index (χ2n) is 11.2. The molecule has 1 aromatic heterocycles. The summed E-state index contributed by atoms with van der Waals surface area (Å²) >= 11 is 0. The highest BCUT2D eigenvalue weighted by Gasteiger charge is 2.52. The SMILES string of the molecule is CC(C)(C)[C@]1(CNC(=O)c2cc(F)c(N3CCCC3)nc2NCCc2cccc(F)c2)CCCN1C(=O)O. The van der Waals surface area contributed by atoms with Crippen LogP contribution in [0.1, 0.15) is 62.4 Å². The van der Waals surface area contributed by atoms with E-state index in [1.165, 1.54) is 23.1 Å². The molecule has 0 bridgehead atoms. The van der Waals surface area contributed by atoms with Crippen molar-refractivity contribution in [3.63, 3.8) is 0 Å². The fourth-order valence-electron chi connectivity index (χ4n) is 5.66. The van der Waals surface area contributed by atoms with Gasteiger partial charge in [-0.1, -0.05) is 32.9 Å². The molecular formula is C28H37F2N5O3. The number of pyridine rings is 1. The molecule has 3 N–H and O–H groups in total. The molecule has 206 valence electrons. The Bertz CT molecular complexity index is 1180. The number of hydrogen-bond donors (Lipinski definition) is 3. The van der Waals surface area contributed by atoms with Crippen molar-refractivity contribution < 1.29 is 23.5 Å². The van der Waals surface area contributed by atoms with E-state index in [0.29, 0.717) is 45.4 Å². The minimum Gasteiger partial charge on any atom is -0.465 e. The minimum atomic E-state index is -1.02. The second-order valence-corrected chi connectivity index (χ2v) is 11.2. The molecule has 3 heterocycles. The van der Waals surface area contributed by atoms with Crippen molar-refractivity contribution in [2.45, 2.75) is 58.4 Å². The number of aromatic nitrogens is 1. The molecule has 2 saturated heterocycles. The fourth-order valence-corrected chi connectivity index (χ4v) is 5.66. The number of halogens is 2. The van der Waals surface area contributed by atoms with Gasteiger partial charge in [-0.05, 0) is 61.3 Å². The van der Waals surface area contributed by atoms with E-state index < -0.39 is 28.8 Å². The standard InChI is InChI=1S/C28H37F2N5O3/c1-27(2,3)28(11-7-15-35(28)26(37)38)18-32-25(36)21-17-22(30)24(34-13-4-5-14-34)33-23(21)31-12-10-19-8-6-9-20(29)16-19/h6,8-9,16-17H,4-5,7,10-15,18H2,1-3H3,(H,31,33)(H,32,36)(H,37,38)/t28-/m1/s1. The summed E-state index contributed by atoms with van der Waals surface area (Å²) in [5.41, 5.74) is -0.397. The van der Waals surface area contributed by atoms with Crippen LogP contribution in [-0.4, -0.2) is 65.3 Å². The smallest absolute Gasteiger partial charge is 0.407 e. The number of carboxylic acid groups (broad SMARTS) is 1. The zero-order chi connectivity index (χ0) is 27.5. The van der Waals surface area contributed by atoms with Crippen LogP contribution in [0.2, 0.25) is 0 Å². The van der Waals surface area contributed by atoms with Gasteiger partial charge in [-0.25, -0.2) is 18.6 Å². The van der Waals surface area contributed by atoms with Crippen molar-refractivity contribution in [1.82, 2.24) is 15.2 Å². The summed E-state index contributed by atoms with van der Waals surface area (Å²) in [7, 11) is 0. The Morgan fingerprint density at radius 2 is 1.84 bits per heavy atom. The summed E-state index contributed by atoms with van der Waals surface area (Å²) in [4.78, 5) is 33.3. The molecule has 2 fully saturated rings. The van der Waals surface area contributed by atoms with E-state index in [1.807, 2.05) is 31.7 Å². The Morgan fingerprint density at radius 1 is 1.11 bits per heavy atom. The van der Waals surface area contributed by atoms with Crippen LogP contribution in [0, 0.1) is 17.0 Å². The van der Waals surface area contributed by atoms with E-state index in [0.717, 1.165) is 18.4 Å². The molecule has 0 radical (unpaired) electrons. The monoisotopic (exact) mass is 529 g/mol. The molecule has 0 unspecified atom stereocenters. The molecule has 0 spiro atoms. The predicted molar refractivity (Wildman–Crippen MR) is 143 cm³/mol. The van der Waals surface area contributed by atoms with Crippen LogP contribution in [0.5, 0.6) is 0 Å². The van der Waals surface area contributed by atoms with E-state index in [9.17, 15) is 19.1 Å². The number of likely N-dealkylation sites (tertiary alicyclic amines) is 1. The van der Waals surface area contributed by atoms with Crippen LogP contribution in [0.15, 0.2) is 30.3 Å². The highest BCUT2D eigenvalue weighted by molar-refractivity contribution is 5.99. The van der Waals surface area contributed by atoms with Crippen molar-refractivity contribution in [3.8, 4) is 0 Å². The number of amides is 2. The molecule has 1 atom stereocenters. The van der Waals surface area contributed by atoms with Gasteiger partial charge in [0.25, 0.3) is 5.91 Å². The lowest BCUT2D eigenvalue weighted by Gasteiger charge is -2.47. The molecule has 0 aliphatic carbocycles. The van der Waals surface area contributed by atoms with Crippen LogP contribution in [0.25, 0.3) is 0 Å². The number of anilines is 2. The largest absolute Gasteiger partial charge is 0.465 e. The second kappa shape index (κ2) is 11.1. The van der Waals surface area contributed by atoms with Gasteiger partial charge in [0.1, 0.15) is 11.6 Å². The highest BCUT2D eigenvalue weighted by atomic mass is 19.1. The third kappa shape index (κ3) is 5.68. The van der Waals surface area contributed by atoms with Crippen molar-refractivity contribution in [2.75, 3.05) is 42.9 Å². The van der Waals surface area contributed by atoms with Gasteiger partial charge in [0, 0.05) is 32.7 Å². The van der Waals surface area contributed by atoms with E-state index in [1.54, 1.807) is 6.07 Å². The van der Waals surface area contributed by atoms with Gasteiger partial charge in [-0.3, -0.25) is 4.79 Å². The number of benzene rings is 1. The molecule has 2 aliphatic heterocycles. The van der Waals surface area contributed by atoms with Gasteiger partial charge >= 0.3 is 6.09 Å². The Morgan fingerprint density at radius 3 is 2.50 bits per heavy atom. The maximum absolute atomic E-state index is 15.2. The number of nitrogens with one attached hydrogen (secondary N) is 2. The minimum absolute atomic E-state index is 0.0496. The Kier molecular flexibility index (Phi) is 8.08. The van der Waals surface area contributed by atoms with Gasteiger partial charge in [0.15, 0.2) is 11.6 Å². The molecule has 38 heavy (non-hydrogen) atoms. The van der Waals surface area contributed by atoms with E-state index in [4.69, 9.17) is 0 Å². The summed E-state index contributed by atoms with van der Waals surface area (Å²) in [6.45, 7) is 8.13. The molecule has 2 aliphatic rings. The van der Waals surface area contributed by atoms with Crippen molar-refractivity contribution in [2.24, 2.45) is 5.41 Å². The maximum Gasteiger partial charge on any atom is 0.407 e. The van der Waals surface area contributed by atoms with E-state index in [-0.39, 0.29) is 29.6 Å². The van der Waals surface area contributed by atoms with Crippen molar-refractivity contribution >= 4 is 23.6 Å². The maximum atomic E-state index is 15.2. The first-order valence-corrected chi connectivity index (χ1v) is 13.2. The molecule has 0 saturated carbocycles. The van der Waals surface area contributed by atoms with Crippen LogP contribution in [0.4, 0.5) is 25.2 Å². The van der Waals surface area contributed by atoms with Gasteiger partial charge < -0.3 is 25.5 Å². The van der Waals surface area contributed by atoms with Gasteiger partial charge in [0.2, 0.25) is 0 Å². The van der Waals surface area contributed by atoms with Crippen molar-refractivity contribution in [3.05, 3.63) is 53.1 Å². The third-order valence-electron chi connectivity index (χ3n) is 7.86. The van der Waals surface area contributed by atoms with Gasteiger partial charge in [0.05, 0.1) is 11.1 Å². The quantitative estimate of drug-likeness (QED) is 0.450. The Hall–Kier alpha value is -3.43. The molecule has 4 rings (SSSR count).